The van der Waals surface area contributed by atoms with Gasteiger partial charge in [-0.15, -0.1) is 0 Å². The summed E-state index contributed by atoms with van der Waals surface area (Å²) in [7, 11) is 0. The lowest BCUT2D eigenvalue weighted by molar-refractivity contribution is 0.00853. The van der Waals surface area contributed by atoms with Crippen molar-refractivity contribution in [1.82, 2.24) is 14.7 Å². The molecule has 0 atom stereocenters. The summed E-state index contributed by atoms with van der Waals surface area (Å²) >= 11 is 12.1. The van der Waals surface area contributed by atoms with Gasteiger partial charge in [0.05, 0.1) is 0 Å². The number of benzene rings is 3. The fourth-order valence-electron chi connectivity index (χ4n) is 4.58. The number of hydrogen-bond donors (Lipinski definition) is 0. The van der Waals surface area contributed by atoms with Crippen molar-refractivity contribution in [2.75, 3.05) is 39.3 Å². The van der Waals surface area contributed by atoms with Crippen LogP contribution < -0.4 is 4.74 Å². The fraction of sp³-hybridized carbons (Fsp3) is 0.286. The Kier molecular flexibility index (Phi) is 7.46. The van der Waals surface area contributed by atoms with Gasteiger partial charge in [-0.05, 0) is 48.5 Å². The number of nitrogens with zero attached hydrogens (tertiary/aromatic N) is 3. The van der Waals surface area contributed by atoms with Gasteiger partial charge in [0.15, 0.2) is 0 Å². The predicted octanol–water partition coefficient (Wildman–Crippen LogP) is 4.85. The number of rotatable bonds is 6. The standard InChI is InChI=1S/C28H27Cl2N3O3/c29-23-9-6-22(26(30)16-23)19-36-25-10-7-21(8-11-25)28(35)33-17-24(18-33)31-12-14-32(15-13-31)27(34)20-4-2-1-3-5-20/h1-11,16,24H,12-15,17-19H2. The second-order valence-electron chi connectivity index (χ2n) is 9.11. The maximum Gasteiger partial charge on any atom is 0.253 e. The molecular formula is C28H27Cl2N3O3. The Hall–Kier alpha value is -3.06. The highest BCUT2D eigenvalue weighted by Gasteiger charge is 2.37. The Morgan fingerprint density at radius 3 is 2.08 bits per heavy atom. The first-order valence-electron chi connectivity index (χ1n) is 12.0. The molecule has 2 aliphatic heterocycles. The molecule has 0 aromatic heterocycles. The minimum absolute atomic E-state index is 0.0245. The first-order chi connectivity index (χ1) is 17.5. The van der Waals surface area contributed by atoms with Gasteiger partial charge in [0.25, 0.3) is 11.8 Å². The highest BCUT2D eigenvalue weighted by Crippen LogP contribution is 2.24. The minimum Gasteiger partial charge on any atom is -0.489 e. The van der Waals surface area contributed by atoms with Crippen molar-refractivity contribution >= 4 is 35.0 Å². The number of likely N-dealkylation sites (tertiary alicyclic amines) is 1. The van der Waals surface area contributed by atoms with E-state index in [2.05, 4.69) is 4.90 Å². The van der Waals surface area contributed by atoms with Crippen molar-refractivity contribution in [1.29, 1.82) is 0 Å². The van der Waals surface area contributed by atoms with Crippen molar-refractivity contribution in [2.24, 2.45) is 0 Å². The molecule has 2 heterocycles. The van der Waals surface area contributed by atoms with Crippen LogP contribution in [0.4, 0.5) is 0 Å². The van der Waals surface area contributed by atoms with Gasteiger partial charge in [0.1, 0.15) is 12.4 Å². The fourth-order valence-corrected chi connectivity index (χ4v) is 5.04. The molecule has 0 N–H and O–H groups in total. The molecule has 0 radical (unpaired) electrons. The van der Waals surface area contributed by atoms with E-state index in [1.54, 1.807) is 36.4 Å². The van der Waals surface area contributed by atoms with Crippen LogP contribution in [0.5, 0.6) is 5.75 Å². The summed E-state index contributed by atoms with van der Waals surface area (Å²) in [5.74, 6) is 0.780. The molecule has 3 aromatic carbocycles. The molecule has 0 unspecified atom stereocenters. The molecule has 186 valence electrons. The van der Waals surface area contributed by atoms with E-state index in [-0.39, 0.29) is 11.8 Å². The number of amides is 2. The molecule has 2 fully saturated rings. The second kappa shape index (κ2) is 10.9. The van der Waals surface area contributed by atoms with Gasteiger partial charge < -0.3 is 14.5 Å². The van der Waals surface area contributed by atoms with Crippen molar-refractivity contribution in [2.45, 2.75) is 12.6 Å². The first-order valence-corrected chi connectivity index (χ1v) is 12.8. The summed E-state index contributed by atoms with van der Waals surface area (Å²) in [6.45, 7) is 4.81. The van der Waals surface area contributed by atoms with Crippen LogP contribution in [0.25, 0.3) is 0 Å². The summed E-state index contributed by atoms with van der Waals surface area (Å²) in [4.78, 5) is 31.7. The van der Waals surface area contributed by atoms with E-state index < -0.39 is 0 Å². The smallest absolute Gasteiger partial charge is 0.253 e. The topological polar surface area (TPSA) is 53.1 Å². The van der Waals surface area contributed by atoms with E-state index in [1.165, 1.54) is 0 Å². The zero-order valence-electron chi connectivity index (χ0n) is 19.8. The van der Waals surface area contributed by atoms with Gasteiger partial charge in [-0.25, -0.2) is 0 Å². The van der Waals surface area contributed by atoms with Crippen LogP contribution in [0.3, 0.4) is 0 Å². The highest BCUT2D eigenvalue weighted by molar-refractivity contribution is 6.35. The summed E-state index contributed by atoms with van der Waals surface area (Å²) < 4.78 is 5.81. The molecule has 2 aliphatic rings. The summed E-state index contributed by atoms with van der Waals surface area (Å²) in [5.41, 5.74) is 2.22. The molecule has 0 aliphatic carbocycles. The Bertz CT molecular complexity index is 1220. The zero-order chi connectivity index (χ0) is 25.1. The minimum atomic E-state index is 0.0245. The summed E-state index contributed by atoms with van der Waals surface area (Å²) in [6.07, 6.45) is 0. The van der Waals surface area contributed by atoms with E-state index >= 15 is 0 Å². The molecule has 6 nitrogen and oxygen atoms in total. The summed E-state index contributed by atoms with van der Waals surface area (Å²) in [6, 6.07) is 22.3. The number of halogens is 2. The third kappa shape index (κ3) is 5.51. The normalized spacial score (nSPS) is 16.5. The average molecular weight is 524 g/mol. The van der Waals surface area contributed by atoms with Crippen LogP contribution in [-0.4, -0.2) is 71.8 Å². The molecular weight excluding hydrogens is 497 g/mol. The molecule has 2 amide bonds. The quantitative estimate of drug-likeness (QED) is 0.463. The van der Waals surface area contributed by atoms with Gasteiger partial charge >= 0.3 is 0 Å². The molecule has 5 rings (SSSR count). The molecule has 0 spiro atoms. The van der Waals surface area contributed by atoms with Crippen LogP contribution in [0.15, 0.2) is 72.8 Å². The van der Waals surface area contributed by atoms with Crippen LogP contribution in [0, 0.1) is 0 Å². The second-order valence-corrected chi connectivity index (χ2v) is 9.95. The van der Waals surface area contributed by atoms with Crippen molar-refractivity contribution in [3.05, 3.63) is 99.5 Å². The molecule has 36 heavy (non-hydrogen) atoms. The molecule has 2 saturated heterocycles. The van der Waals surface area contributed by atoms with E-state index in [1.807, 2.05) is 46.2 Å². The van der Waals surface area contributed by atoms with Crippen LogP contribution in [0.2, 0.25) is 10.0 Å². The van der Waals surface area contributed by atoms with E-state index in [9.17, 15) is 9.59 Å². The van der Waals surface area contributed by atoms with Crippen LogP contribution >= 0.6 is 23.2 Å². The number of piperazine rings is 1. The zero-order valence-corrected chi connectivity index (χ0v) is 21.3. The van der Waals surface area contributed by atoms with Gasteiger partial charge in [-0.2, -0.15) is 0 Å². The molecule has 8 heteroatoms. The van der Waals surface area contributed by atoms with Crippen molar-refractivity contribution in [3.8, 4) is 5.75 Å². The van der Waals surface area contributed by atoms with Gasteiger partial charge in [-0.3, -0.25) is 14.5 Å². The number of carbonyl (C=O) groups is 2. The van der Waals surface area contributed by atoms with E-state index in [4.69, 9.17) is 27.9 Å². The maximum atomic E-state index is 12.9. The van der Waals surface area contributed by atoms with Crippen LogP contribution in [0.1, 0.15) is 26.3 Å². The molecule has 0 saturated carbocycles. The lowest BCUT2D eigenvalue weighted by Crippen LogP contribution is -2.64. The van der Waals surface area contributed by atoms with E-state index in [0.717, 1.165) is 24.2 Å². The third-order valence-corrected chi connectivity index (χ3v) is 7.39. The van der Waals surface area contributed by atoms with Crippen molar-refractivity contribution < 1.29 is 14.3 Å². The molecule has 3 aromatic rings. The largest absolute Gasteiger partial charge is 0.489 e. The number of hydrogen-bond acceptors (Lipinski definition) is 4. The Balaban J connectivity index is 1.07. The Morgan fingerprint density at radius 1 is 0.778 bits per heavy atom. The highest BCUT2D eigenvalue weighted by atomic mass is 35.5. The lowest BCUT2D eigenvalue weighted by atomic mass is 10.0. The monoisotopic (exact) mass is 523 g/mol. The van der Waals surface area contributed by atoms with Gasteiger partial charge in [0.2, 0.25) is 0 Å². The lowest BCUT2D eigenvalue weighted by Gasteiger charge is -2.48. The molecule has 0 bridgehead atoms. The Labute approximate surface area is 221 Å². The summed E-state index contributed by atoms with van der Waals surface area (Å²) in [5, 5.41) is 1.14. The maximum absolute atomic E-state index is 12.9. The van der Waals surface area contributed by atoms with E-state index in [0.29, 0.717) is 60.2 Å². The first kappa shape index (κ1) is 24.6. The van der Waals surface area contributed by atoms with Gasteiger partial charge in [-0.1, -0.05) is 47.5 Å². The number of ether oxygens (including phenoxy) is 1. The predicted molar refractivity (Wildman–Crippen MR) is 141 cm³/mol. The van der Waals surface area contributed by atoms with Crippen molar-refractivity contribution in [3.63, 3.8) is 0 Å². The average Bonchev–Trinajstić information content (AvgIpc) is 2.88. The van der Waals surface area contributed by atoms with Crippen LogP contribution in [-0.2, 0) is 6.61 Å². The Morgan fingerprint density at radius 2 is 1.42 bits per heavy atom. The van der Waals surface area contributed by atoms with Gasteiger partial charge in [0, 0.05) is 72.0 Å². The third-order valence-electron chi connectivity index (χ3n) is 6.80. The SMILES string of the molecule is O=C(c1ccccc1)N1CCN(C2CN(C(=O)c3ccc(OCc4ccc(Cl)cc4Cl)cc3)C2)CC1. The number of carbonyl (C=O) groups excluding carboxylic acids is 2.